The SMILES string of the molecule is NNC(Cc1cccc(Br)c1)c1ccc(F)c(Br)c1. The van der Waals surface area contributed by atoms with Crippen LogP contribution < -0.4 is 11.3 Å². The summed E-state index contributed by atoms with van der Waals surface area (Å²) in [6.45, 7) is 0. The standard InChI is InChI=1S/C14H13Br2FN2/c15-11-3-1-2-9(6-11)7-14(19-18)10-4-5-13(17)12(16)8-10/h1-6,8,14,19H,7,18H2. The molecule has 0 fully saturated rings. The molecule has 2 aromatic carbocycles. The maximum absolute atomic E-state index is 13.2. The Morgan fingerprint density at radius 3 is 2.58 bits per heavy atom. The van der Waals surface area contributed by atoms with Crippen molar-refractivity contribution >= 4 is 31.9 Å². The molecule has 1 atom stereocenters. The van der Waals surface area contributed by atoms with Crippen LogP contribution in [0.1, 0.15) is 17.2 Å². The Labute approximate surface area is 128 Å². The molecular weight excluding hydrogens is 375 g/mol. The summed E-state index contributed by atoms with van der Waals surface area (Å²) in [5.74, 6) is 5.33. The maximum Gasteiger partial charge on any atom is 0.137 e. The number of benzene rings is 2. The Morgan fingerprint density at radius 2 is 1.95 bits per heavy atom. The zero-order chi connectivity index (χ0) is 13.8. The van der Waals surface area contributed by atoms with Crippen molar-refractivity contribution in [1.82, 2.24) is 5.43 Å². The molecule has 0 aliphatic carbocycles. The van der Waals surface area contributed by atoms with Crippen LogP contribution in [0.5, 0.6) is 0 Å². The van der Waals surface area contributed by atoms with Crippen LogP contribution >= 0.6 is 31.9 Å². The summed E-state index contributed by atoms with van der Waals surface area (Å²) < 4.78 is 14.7. The lowest BCUT2D eigenvalue weighted by molar-refractivity contribution is 0.548. The molecule has 2 aromatic rings. The lowest BCUT2D eigenvalue weighted by atomic mass is 9.99. The van der Waals surface area contributed by atoms with Crippen LogP contribution in [-0.2, 0) is 6.42 Å². The minimum absolute atomic E-state index is 0.0637. The second-order valence-corrected chi connectivity index (χ2v) is 6.00. The summed E-state index contributed by atoms with van der Waals surface area (Å²) in [6, 6.07) is 12.9. The van der Waals surface area contributed by atoms with Crippen molar-refractivity contribution in [3.63, 3.8) is 0 Å². The third-order valence-electron chi connectivity index (χ3n) is 2.88. The Bertz CT molecular complexity index is 575. The zero-order valence-electron chi connectivity index (χ0n) is 10.0. The summed E-state index contributed by atoms with van der Waals surface area (Å²) in [7, 11) is 0. The molecule has 0 spiro atoms. The van der Waals surface area contributed by atoms with Gasteiger partial charge in [-0.25, -0.2) is 4.39 Å². The van der Waals surface area contributed by atoms with E-state index in [2.05, 4.69) is 37.3 Å². The van der Waals surface area contributed by atoms with Gasteiger partial charge in [0.1, 0.15) is 5.82 Å². The summed E-state index contributed by atoms with van der Waals surface area (Å²) >= 11 is 6.63. The van der Waals surface area contributed by atoms with Crippen molar-refractivity contribution in [2.45, 2.75) is 12.5 Å². The monoisotopic (exact) mass is 386 g/mol. The van der Waals surface area contributed by atoms with E-state index in [1.54, 1.807) is 12.1 Å². The van der Waals surface area contributed by atoms with Gasteiger partial charge in [-0.05, 0) is 57.7 Å². The van der Waals surface area contributed by atoms with E-state index >= 15 is 0 Å². The van der Waals surface area contributed by atoms with E-state index in [0.29, 0.717) is 4.47 Å². The van der Waals surface area contributed by atoms with Gasteiger partial charge in [-0.1, -0.05) is 34.1 Å². The van der Waals surface area contributed by atoms with E-state index in [1.165, 1.54) is 6.07 Å². The first-order valence-electron chi connectivity index (χ1n) is 5.75. The molecule has 100 valence electrons. The van der Waals surface area contributed by atoms with Gasteiger partial charge in [-0.2, -0.15) is 0 Å². The van der Waals surface area contributed by atoms with Crippen LogP contribution in [0.2, 0.25) is 0 Å². The van der Waals surface area contributed by atoms with Gasteiger partial charge in [0.25, 0.3) is 0 Å². The molecule has 0 saturated heterocycles. The molecule has 19 heavy (non-hydrogen) atoms. The van der Waals surface area contributed by atoms with Crippen molar-refractivity contribution in [3.8, 4) is 0 Å². The average molecular weight is 388 g/mol. The molecule has 1 unspecified atom stereocenters. The molecule has 0 radical (unpaired) electrons. The van der Waals surface area contributed by atoms with Gasteiger partial charge in [0.05, 0.1) is 10.5 Å². The molecule has 0 bridgehead atoms. The van der Waals surface area contributed by atoms with Gasteiger partial charge in [0, 0.05) is 4.47 Å². The van der Waals surface area contributed by atoms with Crippen molar-refractivity contribution in [1.29, 1.82) is 0 Å². The highest BCUT2D eigenvalue weighted by Gasteiger charge is 2.12. The van der Waals surface area contributed by atoms with Crippen LogP contribution in [0.25, 0.3) is 0 Å². The van der Waals surface area contributed by atoms with E-state index in [-0.39, 0.29) is 11.9 Å². The number of hydrogen-bond donors (Lipinski definition) is 2. The highest BCUT2D eigenvalue weighted by molar-refractivity contribution is 9.10. The molecule has 5 heteroatoms. The molecule has 0 saturated carbocycles. The van der Waals surface area contributed by atoms with Gasteiger partial charge in [-0.15, -0.1) is 0 Å². The largest absolute Gasteiger partial charge is 0.271 e. The first-order valence-corrected chi connectivity index (χ1v) is 7.34. The summed E-state index contributed by atoms with van der Waals surface area (Å²) in [5.41, 5.74) is 4.87. The first kappa shape index (κ1) is 14.7. The molecular formula is C14H13Br2FN2. The highest BCUT2D eigenvalue weighted by atomic mass is 79.9. The van der Waals surface area contributed by atoms with Gasteiger partial charge < -0.3 is 0 Å². The van der Waals surface area contributed by atoms with E-state index in [0.717, 1.165) is 22.0 Å². The number of nitrogens with two attached hydrogens (primary N) is 1. The first-order chi connectivity index (χ1) is 9.10. The fourth-order valence-electron chi connectivity index (χ4n) is 1.90. The fraction of sp³-hybridized carbons (Fsp3) is 0.143. The van der Waals surface area contributed by atoms with Crippen molar-refractivity contribution < 1.29 is 4.39 Å². The third kappa shape index (κ3) is 3.86. The average Bonchev–Trinajstić information content (AvgIpc) is 2.39. The van der Waals surface area contributed by atoms with Gasteiger partial charge in [0.2, 0.25) is 0 Å². The second-order valence-electron chi connectivity index (χ2n) is 4.23. The number of halogens is 3. The normalized spacial score (nSPS) is 12.4. The maximum atomic E-state index is 13.2. The van der Waals surface area contributed by atoms with E-state index < -0.39 is 0 Å². The van der Waals surface area contributed by atoms with Crippen LogP contribution in [-0.4, -0.2) is 0 Å². The van der Waals surface area contributed by atoms with Crippen LogP contribution in [0.4, 0.5) is 4.39 Å². The predicted molar refractivity (Wildman–Crippen MR) is 82.0 cm³/mol. The summed E-state index contributed by atoms with van der Waals surface area (Å²) in [4.78, 5) is 0. The lowest BCUT2D eigenvalue weighted by Crippen LogP contribution is -2.29. The Balaban J connectivity index is 2.22. The molecule has 3 N–H and O–H groups in total. The minimum atomic E-state index is -0.276. The van der Waals surface area contributed by atoms with Crippen molar-refractivity contribution in [3.05, 3.63) is 68.4 Å². The molecule has 0 aliphatic rings. The number of nitrogens with one attached hydrogen (secondary N) is 1. The Kier molecular flexibility index (Phi) is 5.10. The Hall–Kier alpha value is -0.750. The van der Waals surface area contributed by atoms with Gasteiger partial charge >= 0.3 is 0 Å². The molecule has 0 aliphatic heterocycles. The minimum Gasteiger partial charge on any atom is -0.271 e. The summed E-state index contributed by atoms with van der Waals surface area (Å²) in [6.07, 6.45) is 0.730. The quantitative estimate of drug-likeness (QED) is 0.612. The van der Waals surface area contributed by atoms with Gasteiger partial charge in [-0.3, -0.25) is 11.3 Å². The van der Waals surface area contributed by atoms with Crippen LogP contribution in [0.3, 0.4) is 0 Å². The van der Waals surface area contributed by atoms with Crippen molar-refractivity contribution in [2.24, 2.45) is 5.84 Å². The van der Waals surface area contributed by atoms with E-state index in [9.17, 15) is 4.39 Å². The van der Waals surface area contributed by atoms with E-state index in [1.807, 2.05) is 24.3 Å². The van der Waals surface area contributed by atoms with Crippen LogP contribution in [0, 0.1) is 5.82 Å². The molecule has 0 aromatic heterocycles. The lowest BCUT2D eigenvalue weighted by Gasteiger charge is -2.17. The van der Waals surface area contributed by atoms with Gasteiger partial charge in [0.15, 0.2) is 0 Å². The Morgan fingerprint density at radius 1 is 1.16 bits per heavy atom. The predicted octanol–water partition coefficient (Wildman–Crippen LogP) is 4.10. The topological polar surface area (TPSA) is 38.0 Å². The number of hydrogen-bond acceptors (Lipinski definition) is 2. The highest BCUT2D eigenvalue weighted by Crippen LogP contribution is 2.24. The fourth-order valence-corrected chi connectivity index (χ4v) is 2.74. The molecule has 2 nitrogen and oxygen atoms in total. The van der Waals surface area contributed by atoms with Crippen LogP contribution in [0.15, 0.2) is 51.4 Å². The molecule has 0 heterocycles. The zero-order valence-corrected chi connectivity index (χ0v) is 13.2. The van der Waals surface area contributed by atoms with Crippen molar-refractivity contribution in [2.75, 3.05) is 0 Å². The number of hydrazine groups is 1. The third-order valence-corrected chi connectivity index (χ3v) is 3.98. The molecule has 2 rings (SSSR count). The summed E-state index contributed by atoms with van der Waals surface area (Å²) in [5, 5.41) is 0. The number of rotatable bonds is 4. The second kappa shape index (κ2) is 6.61. The smallest absolute Gasteiger partial charge is 0.137 e. The van der Waals surface area contributed by atoms with E-state index in [4.69, 9.17) is 5.84 Å². The molecule has 0 amide bonds.